The highest BCUT2D eigenvalue weighted by Gasteiger charge is 2.14. The van der Waals surface area contributed by atoms with Crippen molar-refractivity contribution >= 4 is 6.29 Å². The molecular weight excluding hydrogens is 208 g/mol. The summed E-state index contributed by atoms with van der Waals surface area (Å²) in [4.78, 5) is 10.8. The second kappa shape index (κ2) is 6.91. The van der Waals surface area contributed by atoms with Crippen LogP contribution in [0.15, 0.2) is 18.2 Å². The first-order valence-corrected chi connectivity index (χ1v) is 6.01. The lowest BCUT2D eigenvalue weighted by Gasteiger charge is -2.19. The lowest BCUT2D eigenvalue weighted by molar-refractivity contribution is 0.112. The molecule has 0 N–H and O–H groups in total. The Morgan fingerprint density at radius 2 is 1.71 bits per heavy atom. The van der Waals surface area contributed by atoms with Gasteiger partial charge in [-0.25, -0.2) is 0 Å². The Morgan fingerprint density at radius 3 is 2.12 bits per heavy atom. The summed E-state index contributed by atoms with van der Waals surface area (Å²) in [5.74, 6) is 5.83. The van der Waals surface area contributed by atoms with Crippen LogP contribution in [-0.2, 0) is 5.41 Å². The second-order valence-corrected chi connectivity index (χ2v) is 4.59. The predicted octanol–water partition coefficient (Wildman–Crippen LogP) is 4.19. The van der Waals surface area contributed by atoms with Gasteiger partial charge in [-0.05, 0) is 36.1 Å². The van der Waals surface area contributed by atoms with E-state index in [4.69, 9.17) is 0 Å². The summed E-state index contributed by atoms with van der Waals surface area (Å²) in [5, 5.41) is 0. The monoisotopic (exact) mass is 230 g/mol. The third kappa shape index (κ3) is 4.87. The molecule has 1 rings (SSSR count). The molecule has 0 saturated carbocycles. The standard InChI is InChI=1S/C14H16O.C2H6/c1-5-6-11-7-12(10-15)9-13(8-11)14(2,3)4;1-2/h7-10H,1-4H3;1-2H3. The van der Waals surface area contributed by atoms with Gasteiger partial charge in [0.1, 0.15) is 6.29 Å². The van der Waals surface area contributed by atoms with Crippen LogP contribution in [0.5, 0.6) is 0 Å². The third-order valence-electron chi connectivity index (χ3n) is 2.23. The van der Waals surface area contributed by atoms with Crippen LogP contribution in [0.2, 0.25) is 0 Å². The Morgan fingerprint density at radius 1 is 1.12 bits per heavy atom. The SMILES string of the molecule is CC.CC#Cc1cc(C=O)cc(C(C)(C)C)c1. The molecule has 0 aromatic heterocycles. The van der Waals surface area contributed by atoms with Crippen LogP contribution in [0.1, 0.15) is 63.0 Å². The van der Waals surface area contributed by atoms with E-state index in [0.29, 0.717) is 5.56 Å². The Bertz CT molecular complexity index is 425. The van der Waals surface area contributed by atoms with Crippen molar-refractivity contribution in [1.29, 1.82) is 0 Å². The van der Waals surface area contributed by atoms with E-state index in [-0.39, 0.29) is 5.41 Å². The zero-order valence-corrected chi connectivity index (χ0v) is 11.7. The fourth-order valence-electron chi connectivity index (χ4n) is 1.37. The van der Waals surface area contributed by atoms with E-state index in [1.807, 2.05) is 32.0 Å². The minimum absolute atomic E-state index is 0.0448. The summed E-state index contributed by atoms with van der Waals surface area (Å²) in [5.41, 5.74) is 2.79. The first-order chi connectivity index (χ1) is 7.97. The van der Waals surface area contributed by atoms with Crippen LogP contribution < -0.4 is 0 Å². The lowest BCUT2D eigenvalue weighted by Crippen LogP contribution is -2.11. The highest BCUT2D eigenvalue weighted by atomic mass is 16.1. The maximum Gasteiger partial charge on any atom is 0.150 e. The van der Waals surface area contributed by atoms with E-state index in [9.17, 15) is 4.79 Å². The highest BCUT2D eigenvalue weighted by molar-refractivity contribution is 5.76. The van der Waals surface area contributed by atoms with Gasteiger partial charge in [0.15, 0.2) is 0 Å². The smallest absolute Gasteiger partial charge is 0.150 e. The summed E-state index contributed by atoms with van der Waals surface area (Å²) < 4.78 is 0. The maximum atomic E-state index is 10.8. The normalized spacial score (nSPS) is 9.53. The molecule has 0 spiro atoms. The van der Waals surface area contributed by atoms with Crippen LogP contribution in [0.3, 0.4) is 0 Å². The molecule has 1 aromatic rings. The molecule has 1 nitrogen and oxygen atoms in total. The molecule has 0 amide bonds. The molecule has 0 saturated heterocycles. The highest BCUT2D eigenvalue weighted by Crippen LogP contribution is 2.23. The van der Waals surface area contributed by atoms with Gasteiger partial charge in [0.2, 0.25) is 0 Å². The van der Waals surface area contributed by atoms with E-state index < -0.39 is 0 Å². The van der Waals surface area contributed by atoms with Gasteiger partial charge in [-0.1, -0.05) is 40.5 Å². The summed E-state index contributed by atoms with van der Waals surface area (Å²) >= 11 is 0. The van der Waals surface area contributed by atoms with Crippen molar-refractivity contribution < 1.29 is 4.79 Å². The summed E-state index contributed by atoms with van der Waals surface area (Å²) in [6, 6.07) is 5.79. The van der Waals surface area contributed by atoms with Crippen molar-refractivity contribution in [3.63, 3.8) is 0 Å². The molecule has 1 aromatic carbocycles. The molecule has 0 aliphatic heterocycles. The van der Waals surface area contributed by atoms with Gasteiger partial charge in [-0.3, -0.25) is 4.79 Å². The van der Waals surface area contributed by atoms with Crippen LogP contribution in [0.25, 0.3) is 0 Å². The van der Waals surface area contributed by atoms with Gasteiger partial charge < -0.3 is 0 Å². The Labute approximate surface area is 105 Å². The molecule has 0 fully saturated rings. The number of hydrogen-bond acceptors (Lipinski definition) is 1. The van der Waals surface area contributed by atoms with E-state index in [0.717, 1.165) is 17.4 Å². The van der Waals surface area contributed by atoms with Gasteiger partial charge >= 0.3 is 0 Å². The molecule has 0 bridgehead atoms. The molecule has 0 atom stereocenters. The van der Waals surface area contributed by atoms with E-state index in [2.05, 4.69) is 32.6 Å². The predicted molar refractivity (Wildman–Crippen MR) is 74.4 cm³/mol. The summed E-state index contributed by atoms with van der Waals surface area (Å²) in [6.07, 6.45) is 0.871. The number of aldehydes is 1. The first-order valence-electron chi connectivity index (χ1n) is 6.01. The molecule has 1 heteroatoms. The van der Waals surface area contributed by atoms with Gasteiger partial charge in [0.05, 0.1) is 0 Å². The van der Waals surface area contributed by atoms with E-state index >= 15 is 0 Å². The van der Waals surface area contributed by atoms with Gasteiger partial charge in [0.25, 0.3) is 0 Å². The van der Waals surface area contributed by atoms with Crippen molar-refractivity contribution in [3.05, 3.63) is 34.9 Å². The molecule has 0 unspecified atom stereocenters. The Hall–Kier alpha value is -1.55. The number of carbonyl (C=O) groups excluding carboxylic acids is 1. The van der Waals surface area contributed by atoms with Gasteiger partial charge in [-0.15, -0.1) is 5.92 Å². The van der Waals surface area contributed by atoms with E-state index in [1.165, 1.54) is 0 Å². The quantitative estimate of drug-likeness (QED) is 0.522. The number of rotatable bonds is 1. The molecular formula is C16H22O. The Balaban J connectivity index is 0.00000121. The molecule has 92 valence electrons. The Kier molecular flexibility index (Phi) is 6.28. The average molecular weight is 230 g/mol. The van der Waals surface area contributed by atoms with E-state index in [1.54, 1.807) is 6.92 Å². The van der Waals surface area contributed by atoms with Crippen molar-refractivity contribution in [3.8, 4) is 11.8 Å². The number of benzene rings is 1. The van der Waals surface area contributed by atoms with Crippen LogP contribution in [-0.4, -0.2) is 6.29 Å². The fourth-order valence-corrected chi connectivity index (χ4v) is 1.37. The number of carbonyl (C=O) groups is 1. The maximum absolute atomic E-state index is 10.8. The molecule has 0 radical (unpaired) electrons. The molecule has 0 aliphatic rings. The van der Waals surface area contributed by atoms with Crippen molar-refractivity contribution in [2.24, 2.45) is 0 Å². The number of hydrogen-bond donors (Lipinski definition) is 0. The fraction of sp³-hybridized carbons (Fsp3) is 0.438. The van der Waals surface area contributed by atoms with Crippen molar-refractivity contribution in [1.82, 2.24) is 0 Å². The average Bonchev–Trinajstić information content (AvgIpc) is 2.30. The molecule has 0 heterocycles. The first kappa shape index (κ1) is 15.4. The topological polar surface area (TPSA) is 17.1 Å². The molecule has 17 heavy (non-hydrogen) atoms. The van der Waals surface area contributed by atoms with Crippen LogP contribution >= 0.6 is 0 Å². The summed E-state index contributed by atoms with van der Waals surface area (Å²) in [6.45, 7) is 12.2. The largest absolute Gasteiger partial charge is 0.298 e. The zero-order valence-electron chi connectivity index (χ0n) is 11.7. The summed E-state index contributed by atoms with van der Waals surface area (Å²) in [7, 11) is 0. The van der Waals surface area contributed by atoms with Crippen molar-refractivity contribution in [2.45, 2.75) is 47.0 Å². The lowest BCUT2D eigenvalue weighted by atomic mass is 9.85. The van der Waals surface area contributed by atoms with Crippen LogP contribution in [0, 0.1) is 11.8 Å². The van der Waals surface area contributed by atoms with Gasteiger partial charge in [0, 0.05) is 11.1 Å². The zero-order chi connectivity index (χ0) is 13.5. The third-order valence-corrected chi connectivity index (χ3v) is 2.23. The van der Waals surface area contributed by atoms with Crippen LogP contribution in [0.4, 0.5) is 0 Å². The van der Waals surface area contributed by atoms with Gasteiger partial charge in [-0.2, -0.15) is 0 Å². The molecule has 0 aliphatic carbocycles. The second-order valence-electron chi connectivity index (χ2n) is 4.59. The minimum atomic E-state index is 0.0448. The van der Waals surface area contributed by atoms with Crippen molar-refractivity contribution in [2.75, 3.05) is 0 Å². The minimum Gasteiger partial charge on any atom is -0.298 e.